The standard InChI is InChI=1S/C21H17F3N2O/c1-13-5-10-18(12-19(13)14-6-8-17(25)9-7-14)26-20(27)15-3-2-4-16(11-15)21(22,23)24/h2-12H,25H2,1H3,(H,26,27). The predicted molar refractivity (Wildman–Crippen MR) is 100 cm³/mol. The van der Waals surface area contributed by atoms with E-state index in [9.17, 15) is 18.0 Å². The second kappa shape index (κ2) is 7.15. The third-order valence-electron chi connectivity index (χ3n) is 4.17. The van der Waals surface area contributed by atoms with Crippen LogP contribution >= 0.6 is 0 Å². The number of nitrogens with one attached hydrogen (secondary N) is 1. The van der Waals surface area contributed by atoms with Gasteiger partial charge in [0.2, 0.25) is 0 Å². The SMILES string of the molecule is Cc1ccc(NC(=O)c2cccc(C(F)(F)F)c2)cc1-c1ccc(N)cc1. The van der Waals surface area contributed by atoms with Crippen LogP contribution in [0.15, 0.2) is 66.7 Å². The third kappa shape index (κ3) is 4.28. The summed E-state index contributed by atoms with van der Waals surface area (Å²) in [7, 11) is 0. The van der Waals surface area contributed by atoms with E-state index in [1.807, 2.05) is 25.1 Å². The van der Waals surface area contributed by atoms with Crippen molar-refractivity contribution in [3.05, 3.63) is 83.4 Å². The van der Waals surface area contributed by atoms with E-state index in [4.69, 9.17) is 5.73 Å². The topological polar surface area (TPSA) is 55.1 Å². The van der Waals surface area contributed by atoms with Gasteiger partial charge in [0, 0.05) is 16.9 Å². The van der Waals surface area contributed by atoms with E-state index >= 15 is 0 Å². The average Bonchev–Trinajstić information content (AvgIpc) is 2.63. The maximum Gasteiger partial charge on any atom is 0.416 e. The van der Waals surface area contributed by atoms with Crippen LogP contribution in [0.25, 0.3) is 11.1 Å². The van der Waals surface area contributed by atoms with Crippen LogP contribution in [0.5, 0.6) is 0 Å². The normalized spacial score (nSPS) is 11.3. The van der Waals surface area contributed by atoms with E-state index in [0.717, 1.165) is 28.8 Å². The zero-order chi connectivity index (χ0) is 19.6. The van der Waals surface area contributed by atoms with Crippen LogP contribution in [0.3, 0.4) is 0 Å². The number of halogens is 3. The first kappa shape index (κ1) is 18.5. The maximum absolute atomic E-state index is 12.8. The molecule has 0 saturated carbocycles. The van der Waals surface area contributed by atoms with Crippen molar-refractivity contribution in [2.75, 3.05) is 11.1 Å². The number of hydrogen-bond acceptors (Lipinski definition) is 2. The Bertz CT molecular complexity index is 979. The number of amides is 1. The lowest BCUT2D eigenvalue weighted by molar-refractivity contribution is -0.137. The minimum atomic E-state index is -4.50. The van der Waals surface area contributed by atoms with Crippen LogP contribution in [-0.4, -0.2) is 5.91 Å². The molecular formula is C21H17F3N2O. The highest BCUT2D eigenvalue weighted by Crippen LogP contribution is 2.30. The number of rotatable bonds is 3. The molecule has 3 nitrogen and oxygen atoms in total. The van der Waals surface area contributed by atoms with Crippen LogP contribution < -0.4 is 11.1 Å². The van der Waals surface area contributed by atoms with Gasteiger partial charge in [0.1, 0.15) is 0 Å². The molecule has 27 heavy (non-hydrogen) atoms. The van der Waals surface area contributed by atoms with Crippen molar-refractivity contribution in [3.63, 3.8) is 0 Å². The summed E-state index contributed by atoms with van der Waals surface area (Å²) in [6, 6.07) is 17.0. The van der Waals surface area contributed by atoms with Gasteiger partial charge >= 0.3 is 6.18 Å². The Labute approximate surface area is 154 Å². The fourth-order valence-corrected chi connectivity index (χ4v) is 2.71. The lowest BCUT2D eigenvalue weighted by Crippen LogP contribution is -2.14. The molecule has 1 amide bonds. The number of carbonyl (C=O) groups is 1. The first-order valence-corrected chi connectivity index (χ1v) is 8.19. The van der Waals surface area contributed by atoms with Gasteiger partial charge in [-0.1, -0.05) is 24.3 Å². The minimum absolute atomic E-state index is 0.0561. The molecular weight excluding hydrogens is 353 g/mol. The first-order chi connectivity index (χ1) is 12.7. The van der Waals surface area contributed by atoms with Gasteiger partial charge in [0.05, 0.1) is 5.56 Å². The number of benzene rings is 3. The molecule has 3 rings (SSSR count). The number of anilines is 2. The van der Waals surface area contributed by atoms with Crippen molar-refractivity contribution in [1.82, 2.24) is 0 Å². The average molecular weight is 370 g/mol. The molecule has 3 aromatic rings. The number of hydrogen-bond donors (Lipinski definition) is 2. The third-order valence-corrected chi connectivity index (χ3v) is 4.17. The lowest BCUT2D eigenvalue weighted by Gasteiger charge is -2.12. The zero-order valence-corrected chi connectivity index (χ0v) is 14.5. The Morgan fingerprint density at radius 2 is 1.67 bits per heavy atom. The zero-order valence-electron chi connectivity index (χ0n) is 14.5. The highest BCUT2D eigenvalue weighted by Gasteiger charge is 2.30. The molecule has 0 aromatic heterocycles. The highest BCUT2D eigenvalue weighted by molar-refractivity contribution is 6.04. The van der Waals surface area contributed by atoms with E-state index in [2.05, 4.69) is 5.32 Å². The summed E-state index contributed by atoms with van der Waals surface area (Å²) in [4.78, 5) is 12.4. The molecule has 0 bridgehead atoms. The molecule has 3 aromatic carbocycles. The summed E-state index contributed by atoms with van der Waals surface area (Å²) in [6.07, 6.45) is -4.50. The molecule has 0 saturated heterocycles. The van der Waals surface area contributed by atoms with Gasteiger partial charge in [-0.25, -0.2) is 0 Å². The fourth-order valence-electron chi connectivity index (χ4n) is 2.71. The summed E-state index contributed by atoms with van der Waals surface area (Å²) < 4.78 is 38.5. The summed E-state index contributed by atoms with van der Waals surface area (Å²) in [6.45, 7) is 1.93. The molecule has 0 aliphatic heterocycles. The van der Waals surface area contributed by atoms with Crippen LogP contribution in [-0.2, 0) is 6.18 Å². The number of nitrogen functional groups attached to an aromatic ring is 1. The lowest BCUT2D eigenvalue weighted by atomic mass is 9.99. The van der Waals surface area contributed by atoms with E-state index in [-0.39, 0.29) is 5.56 Å². The predicted octanol–water partition coefficient (Wildman–Crippen LogP) is 5.52. The highest BCUT2D eigenvalue weighted by atomic mass is 19.4. The molecule has 138 valence electrons. The number of alkyl halides is 3. The van der Waals surface area contributed by atoms with Gasteiger partial charge in [-0.15, -0.1) is 0 Å². The van der Waals surface area contributed by atoms with Crippen LogP contribution in [0.4, 0.5) is 24.5 Å². The van der Waals surface area contributed by atoms with E-state index < -0.39 is 17.6 Å². The second-order valence-corrected chi connectivity index (χ2v) is 6.18. The Kier molecular flexibility index (Phi) is 4.90. The molecule has 0 unspecified atom stereocenters. The van der Waals surface area contributed by atoms with E-state index in [1.54, 1.807) is 24.3 Å². The number of nitrogens with two attached hydrogens (primary N) is 1. The molecule has 0 fully saturated rings. The van der Waals surface area contributed by atoms with Crippen LogP contribution in [0.1, 0.15) is 21.5 Å². The van der Waals surface area contributed by atoms with Crippen molar-refractivity contribution in [1.29, 1.82) is 0 Å². The number of carbonyl (C=O) groups excluding carboxylic acids is 1. The van der Waals surface area contributed by atoms with E-state index in [0.29, 0.717) is 11.4 Å². The minimum Gasteiger partial charge on any atom is -0.399 e. The summed E-state index contributed by atoms with van der Waals surface area (Å²) in [5, 5.41) is 2.65. The Morgan fingerprint density at radius 3 is 2.33 bits per heavy atom. The maximum atomic E-state index is 12.8. The van der Waals surface area contributed by atoms with Gasteiger partial charge in [-0.05, 0) is 66.1 Å². The smallest absolute Gasteiger partial charge is 0.399 e. The van der Waals surface area contributed by atoms with Crippen LogP contribution in [0.2, 0.25) is 0 Å². The van der Waals surface area contributed by atoms with Crippen molar-refractivity contribution < 1.29 is 18.0 Å². The Hall–Kier alpha value is -3.28. The van der Waals surface area contributed by atoms with Gasteiger partial charge in [0.25, 0.3) is 5.91 Å². The van der Waals surface area contributed by atoms with Gasteiger partial charge in [-0.2, -0.15) is 13.2 Å². The van der Waals surface area contributed by atoms with Gasteiger partial charge in [-0.3, -0.25) is 4.79 Å². The van der Waals surface area contributed by atoms with Crippen molar-refractivity contribution in [2.24, 2.45) is 0 Å². The van der Waals surface area contributed by atoms with Crippen molar-refractivity contribution in [3.8, 4) is 11.1 Å². The molecule has 0 spiro atoms. The summed E-state index contributed by atoms with van der Waals surface area (Å²) in [5.41, 5.74) is 8.76. The first-order valence-electron chi connectivity index (χ1n) is 8.19. The number of aryl methyl sites for hydroxylation is 1. The molecule has 0 aliphatic rings. The van der Waals surface area contributed by atoms with Crippen molar-refractivity contribution >= 4 is 17.3 Å². The van der Waals surface area contributed by atoms with Gasteiger partial charge < -0.3 is 11.1 Å². The molecule has 0 radical (unpaired) electrons. The summed E-state index contributed by atoms with van der Waals surface area (Å²) >= 11 is 0. The molecule has 3 N–H and O–H groups in total. The van der Waals surface area contributed by atoms with Gasteiger partial charge in [0.15, 0.2) is 0 Å². The monoisotopic (exact) mass is 370 g/mol. The largest absolute Gasteiger partial charge is 0.416 e. The summed E-state index contributed by atoms with van der Waals surface area (Å²) in [5.74, 6) is -0.604. The quantitative estimate of drug-likeness (QED) is 0.597. The Morgan fingerprint density at radius 1 is 0.963 bits per heavy atom. The molecule has 6 heteroatoms. The second-order valence-electron chi connectivity index (χ2n) is 6.18. The fraction of sp³-hybridized carbons (Fsp3) is 0.0952. The van der Waals surface area contributed by atoms with E-state index in [1.165, 1.54) is 12.1 Å². The van der Waals surface area contributed by atoms with Crippen molar-refractivity contribution in [2.45, 2.75) is 13.1 Å². The molecule has 0 heterocycles. The molecule has 0 aliphatic carbocycles. The Balaban J connectivity index is 1.87. The van der Waals surface area contributed by atoms with Crippen LogP contribution in [0, 0.1) is 6.92 Å². The molecule has 0 atom stereocenters.